The standard InChI is InChI=1S/C54H40B2FNO4/c1-33-53(59-33)61-44-27-17-37(18-28-44)35-11-21-41(22-12-35)55-46-7-3-5-9-50(46)58-51-10-6-4-8-47(51)56(49-32-40(31-48(55)52(49)58)39-15-25-43(57)26-16-39)42-23-13-36(14-24-42)38-19-29-45(30-20-38)62-54-34(2)60-54/h3-34,53-54H,1-2H3. The lowest BCUT2D eigenvalue weighted by atomic mass is 9.30. The van der Waals surface area contributed by atoms with Crippen LogP contribution in [0.4, 0.5) is 21.5 Å². The van der Waals surface area contributed by atoms with E-state index in [2.05, 4.69) is 138 Å². The van der Waals surface area contributed by atoms with Crippen LogP contribution in [0.25, 0.3) is 33.4 Å². The van der Waals surface area contributed by atoms with E-state index in [0.29, 0.717) is 0 Å². The summed E-state index contributed by atoms with van der Waals surface area (Å²) in [7, 11) is 0. The van der Waals surface area contributed by atoms with Crippen LogP contribution in [0.5, 0.6) is 11.5 Å². The third-order valence-corrected chi connectivity index (χ3v) is 12.8. The maximum atomic E-state index is 14.4. The lowest BCUT2D eigenvalue weighted by Crippen LogP contribution is -2.65. The fraction of sp³-hybridized carbons (Fsp3) is 0.111. The molecule has 4 aliphatic rings. The Bertz CT molecular complexity index is 2800. The summed E-state index contributed by atoms with van der Waals surface area (Å²) in [6.07, 6.45) is -0.0483. The first-order chi connectivity index (χ1) is 30.4. The minimum absolute atomic E-state index is 0.0584. The average Bonchev–Trinajstić information content (AvgIpc) is 4.22. The number of epoxide rings is 2. The van der Waals surface area contributed by atoms with Gasteiger partial charge in [0.15, 0.2) is 0 Å². The molecule has 4 unspecified atom stereocenters. The number of para-hydroxylation sites is 2. The first-order valence-corrected chi connectivity index (χ1v) is 21.4. The Balaban J connectivity index is 0.980. The molecule has 0 bridgehead atoms. The Morgan fingerprint density at radius 2 is 0.790 bits per heavy atom. The summed E-state index contributed by atoms with van der Waals surface area (Å²) >= 11 is 0. The largest absolute Gasteiger partial charge is 0.462 e. The van der Waals surface area contributed by atoms with Crippen LogP contribution < -0.4 is 47.2 Å². The van der Waals surface area contributed by atoms with Gasteiger partial charge in [0.25, 0.3) is 0 Å². The van der Waals surface area contributed by atoms with Crippen molar-refractivity contribution in [2.75, 3.05) is 4.90 Å². The molecule has 0 amide bonds. The van der Waals surface area contributed by atoms with E-state index >= 15 is 0 Å². The van der Waals surface area contributed by atoms with Crippen LogP contribution in [0.2, 0.25) is 0 Å². The van der Waals surface area contributed by atoms with E-state index in [1.807, 2.05) is 50.2 Å². The summed E-state index contributed by atoms with van der Waals surface area (Å²) in [5.41, 5.74) is 17.4. The molecule has 4 atom stereocenters. The Hall–Kier alpha value is -6.86. The zero-order valence-corrected chi connectivity index (χ0v) is 34.2. The first-order valence-electron chi connectivity index (χ1n) is 21.4. The van der Waals surface area contributed by atoms with Gasteiger partial charge in [-0.25, -0.2) is 4.39 Å². The maximum absolute atomic E-state index is 14.4. The van der Waals surface area contributed by atoms with Gasteiger partial charge >= 0.3 is 0 Å². The second-order valence-electron chi connectivity index (χ2n) is 16.8. The van der Waals surface area contributed by atoms with Gasteiger partial charge in [-0.05, 0) is 118 Å². The molecule has 12 rings (SSSR count). The second-order valence-corrected chi connectivity index (χ2v) is 16.8. The molecule has 4 heterocycles. The molecule has 8 heteroatoms. The number of benzene rings is 8. The molecule has 0 radical (unpaired) electrons. The van der Waals surface area contributed by atoms with Crippen molar-refractivity contribution in [1.29, 1.82) is 0 Å². The average molecular weight is 808 g/mol. The van der Waals surface area contributed by atoms with E-state index < -0.39 is 0 Å². The highest BCUT2D eigenvalue weighted by Crippen LogP contribution is 2.39. The van der Waals surface area contributed by atoms with E-state index in [0.717, 1.165) is 44.9 Å². The molecule has 2 saturated heterocycles. The van der Waals surface area contributed by atoms with Gasteiger partial charge < -0.3 is 23.8 Å². The van der Waals surface area contributed by atoms with E-state index in [9.17, 15) is 4.39 Å². The van der Waals surface area contributed by atoms with Crippen LogP contribution in [-0.2, 0) is 9.47 Å². The highest BCUT2D eigenvalue weighted by atomic mass is 19.1. The summed E-state index contributed by atoms with van der Waals surface area (Å²) in [5.74, 6) is 1.36. The van der Waals surface area contributed by atoms with E-state index in [-0.39, 0.29) is 44.0 Å². The van der Waals surface area contributed by atoms with Crippen LogP contribution in [0.1, 0.15) is 13.8 Å². The van der Waals surface area contributed by atoms with E-state index in [4.69, 9.17) is 18.9 Å². The molecule has 0 saturated carbocycles. The molecule has 8 aromatic carbocycles. The van der Waals surface area contributed by atoms with Gasteiger partial charge in [-0.1, -0.05) is 144 Å². The van der Waals surface area contributed by atoms with Crippen molar-refractivity contribution < 1.29 is 23.3 Å². The summed E-state index contributed by atoms with van der Waals surface area (Å²) in [6.45, 7) is 3.91. The Morgan fingerprint density at radius 3 is 1.19 bits per heavy atom. The van der Waals surface area contributed by atoms with Crippen molar-refractivity contribution >= 4 is 63.3 Å². The fourth-order valence-electron chi connectivity index (χ4n) is 9.52. The summed E-state index contributed by atoms with van der Waals surface area (Å²) in [5, 5.41) is 0. The van der Waals surface area contributed by atoms with Crippen molar-refractivity contribution in [2.24, 2.45) is 0 Å². The molecule has 0 N–H and O–H groups in total. The molecule has 8 aromatic rings. The lowest BCUT2D eigenvalue weighted by molar-refractivity contribution is 0.178. The molecule has 0 spiro atoms. The zero-order chi connectivity index (χ0) is 41.5. The Kier molecular flexibility index (Phi) is 8.73. The summed E-state index contributed by atoms with van der Waals surface area (Å²) in [4.78, 5) is 2.48. The van der Waals surface area contributed by atoms with Gasteiger partial charge in [0.1, 0.15) is 29.5 Å². The monoisotopic (exact) mass is 807 g/mol. The van der Waals surface area contributed by atoms with Crippen LogP contribution in [0.3, 0.4) is 0 Å². The quantitative estimate of drug-likeness (QED) is 0.109. The van der Waals surface area contributed by atoms with Crippen molar-refractivity contribution in [3.05, 3.63) is 188 Å². The van der Waals surface area contributed by atoms with Crippen molar-refractivity contribution in [3.63, 3.8) is 0 Å². The molecule has 5 nitrogen and oxygen atoms in total. The summed E-state index contributed by atoms with van der Waals surface area (Å²) < 4.78 is 37.2. The first kappa shape index (κ1) is 36.9. The van der Waals surface area contributed by atoms with Crippen LogP contribution in [0.15, 0.2) is 182 Å². The highest BCUT2D eigenvalue weighted by Gasteiger charge is 2.44. The molecule has 0 aliphatic carbocycles. The van der Waals surface area contributed by atoms with Gasteiger partial charge in [-0.3, -0.25) is 0 Å². The number of nitrogens with zero attached hydrogens (tertiary/aromatic N) is 1. The Morgan fingerprint density at radius 1 is 0.435 bits per heavy atom. The fourth-order valence-corrected chi connectivity index (χ4v) is 9.52. The van der Waals surface area contributed by atoms with Gasteiger partial charge in [0.2, 0.25) is 26.0 Å². The molecule has 298 valence electrons. The van der Waals surface area contributed by atoms with Gasteiger partial charge in [0, 0.05) is 17.1 Å². The second kappa shape index (κ2) is 14.7. The molecular formula is C54H40B2FNO4. The molecule has 62 heavy (non-hydrogen) atoms. The third kappa shape index (κ3) is 6.49. The normalized spacial score (nSPS) is 19.0. The lowest BCUT2D eigenvalue weighted by Gasteiger charge is -2.44. The number of hydrogen-bond donors (Lipinski definition) is 0. The van der Waals surface area contributed by atoms with Gasteiger partial charge in [-0.15, -0.1) is 0 Å². The van der Waals surface area contributed by atoms with Crippen LogP contribution >= 0.6 is 0 Å². The van der Waals surface area contributed by atoms with Crippen molar-refractivity contribution in [1.82, 2.24) is 0 Å². The number of fused-ring (bicyclic) bond motifs is 4. The highest BCUT2D eigenvalue weighted by molar-refractivity contribution is 7.02. The molecular weight excluding hydrogens is 767 g/mol. The van der Waals surface area contributed by atoms with Crippen LogP contribution in [0, 0.1) is 5.82 Å². The zero-order valence-electron chi connectivity index (χ0n) is 34.2. The minimum atomic E-state index is -0.250. The van der Waals surface area contributed by atoms with Crippen molar-refractivity contribution in [2.45, 2.75) is 38.6 Å². The minimum Gasteiger partial charge on any atom is -0.462 e. The predicted molar refractivity (Wildman–Crippen MR) is 250 cm³/mol. The van der Waals surface area contributed by atoms with Crippen LogP contribution in [-0.4, -0.2) is 38.2 Å². The Labute approximate surface area is 361 Å². The molecule has 4 aliphatic heterocycles. The maximum Gasteiger partial charge on any atom is 0.246 e. The van der Waals surface area contributed by atoms with Crippen molar-refractivity contribution in [3.8, 4) is 44.9 Å². The topological polar surface area (TPSA) is 46.8 Å². The number of hydrogen-bond acceptors (Lipinski definition) is 5. The number of ether oxygens (including phenoxy) is 4. The smallest absolute Gasteiger partial charge is 0.246 e. The molecule has 2 fully saturated rings. The predicted octanol–water partition coefficient (Wildman–Crippen LogP) is 8.20. The SMILES string of the molecule is CC1OC1Oc1ccc(-c2ccc(B3c4ccccc4N4c5ccccc5B(c5ccc(-c6ccc(OC7OC7C)cc6)cc5)c5cc(-c6ccc(F)cc6)cc3c54)cc2)cc1. The van der Waals surface area contributed by atoms with E-state index in [1.54, 1.807) is 12.1 Å². The third-order valence-electron chi connectivity index (χ3n) is 12.8. The molecule has 0 aromatic heterocycles. The van der Waals surface area contributed by atoms with E-state index in [1.165, 1.54) is 49.8 Å². The number of anilines is 3. The summed E-state index contributed by atoms with van der Waals surface area (Å²) in [6, 6.07) is 63.7. The number of rotatable bonds is 9. The van der Waals surface area contributed by atoms with Gasteiger partial charge in [0.05, 0.1) is 0 Å². The van der Waals surface area contributed by atoms with Gasteiger partial charge in [-0.2, -0.15) is 0 Å². The number of halogens is 1.